The van der Waals surface area contributed by atoms with Crippen molar-refractivity contribution in [3.63, 3.8) is 0 Å². The summed E-state index contributed by atoms with van der Waals surface area (Å²) in [6.45, 7) is 6.42. The molecule has 1 unspecified atom stereocenters. The van der Waals surface area contributed by atoms with E-state index in [4.69, 9.17) is 0 Å². The van der Waals surface area contributed by atoms with Gasteiger partial charge in [0.05, 0.1) is 22.9 Å². The van der Waals surface area contributed by atoms with Crippen molar-refractivity contribution in [1.82, 2.24) is 9.55 Å². The maximum atomic E-state index is 11.3. The molecule has 18 heavy (non-hydrogen) atoms. The Labute approximate surface area is 106 Å². The maximum absolute atomic E-state index is 11.3. The fourth-order valence-corrected chi connectivity index (χ4v) is 2.39. The van der Waals surface area contributed by atoms with Crippen molar-refractivity contribution in [1.29, 1.82) is 0 Å². The molecule has 0 aliphatic rings. The van der Waals surface area contributed by atoms with E-state index in [0.29, 0.717) is 11.5 Å². The molecule has 1 atom stereocenters. The largest absolute Gasteiger partial charge is 0.478 e. The molecule has 0 amide bonds. The number of aromatic nitrogens is 2. The van der Waals surface area contributed by atoms with E-state index < -0.39 is 5.97 Å². The highest BCUT2D eigenvalue weighted by Crippen LogP contribution is 2.25. The van der Waals surface area contributed by atoms with Crippen molar-refractivity contribution >= 4 is 17.0 Å². The summed E-state index contributed by atoms with van der Waals surface area (Å²) >= 11 is 0. The zero-order valence-corrected chi connectivity index (χ0v) is 10.9. The van der Waals surface area contributed by atoms with Crippen LogP contribution in [0.2, 0.25) is 0 Å². The molecule has 0 fully saturated rings. The summed E-state index contributed by atoms with van der Waals surface area (Å²) in [7, 11) is 0. The molecule has 0 bridgehead atoms. The molecule has 2 aromatic rings. The molecule has 1 aromatic heterocycles. The third-order valence-corrected chi connectivity index (χ3v) is 3.11. The summed E-state index contributed by atoms with van der Waals surface area (Å²) in [5.41, 5.74) is 1.78. The summed E-state index contributed by atoms with van der Waals surface area (Å²) in [5, 5.41) is 9.25. The number of imidazole rings is 1. The highest BCUT2D eigenvalue weighted by Gasteiger charge is 2.16. The van der Waals surface area contributed by atoms with E-state index in [-0.39, 0.29) is 6.04 Å². The molecule has 0 saturated heterocycles. The van der Waals surface area contributed by atoms with Crippen LogP contribution in [0, 0.1) is 5.92 Å². The van der Waals surface area contributed by atoms with Gasteiger partial charge in [0.15, 0.2) is 0 Å². The lowest BCUT2D eigenvalue weighted by Crippen LogP contribution is -2.09. The van der Waals surface area contributed by atoms with E-state index in [1.54, 1.807) is 18.5 Å². The zero-order valence-electron chi connectivity index (χ0n) is 10.9. The molecule has 1 heterocycles. The number of carbonyl (C=O) groups is 1. The minimum Gasteiger partial charge on any atom is -0.478 e. The van der Waals surface area contributed by atoms with E-state index in [1.165, 1.54) is 0 Å². The van der Waals surface area contributed by atoms with Crippen LogP contribution in [-0.4, -0.2) is 20.6 Å². The van der Waals surface area contributed by atoms with Crippen molar-refractivity contribution in [2.45, 2.75) is 33.2 Å². The van der Waals surface area contributed by atoms with Crippen molar-refractivity contribution in [2.24, 2.45) is 5.92 Å². The number of carboxylic acid groups (broad SMARTS) is 1. The number of para-hydroxylation sites is 1. The van der Waals surface area contributed by atoms with Gasteiger partial charge in [0.25, 0.3) is 0 Å². The molecular weight excluding hydrogens is 228 g/mol. The van der Waals surface area contributed by atoms with Crippen molar-refractivity contribution in [3.05, 3.63) is 30.1 Å². The highest BCUT2D eigenvalue weighted by atomic mass is 16.4. The monoisotopic (exact) mass is 246 g/mol. The SMILES string of the molecule is CC(C)CC(C)n1cnc2cccc(C(=O)O)c21. The van der Waals surface area contributed by atoms with E-state index in [2.05, 4.69) is 25.8 Å². The molecule has 0 aliphatic heterocycles. The lowest BCUT2D eigenvalue weighted by atomic mass is 10.0. The average molecular weight is 246 g/mol. The summed E-state index contributed by atoms with van der Waals surface area (Å²) in [5.74, 6) is -0.339. The van der Waals surface area contributed by atoms with Crippen LogP contribution in [0.4, 0.5) is 0 Å². The Bertz CT molecular complexity index is 572. The van der Waals surface area contributed by atoms with Gasteiger partial charge in [0, 0.05) is 6.04 Å². The second-order valence-corrected chi connectivity index (χ2v) is 5.11. The number of aromatic carboxylic acids is 1. The van der Waals surface area contributed by atoms with Gasteiger partial charge in [-0.2, -0.15) is 0 Å². The third-order valence-electron chi connectivity index (χ3n) is 3.11. The minimum atomic E-state index is -0.904. The highest BCUT2D eigenvalue weighted by molar-refractivity contribution is 6.01. The molecule has 2 rings (SSSR count). The standard InChI is InChI=1S/C14H18N2O2/c1-9(2)7-10(3)16-8-15-12-6-4-5-11(13(12)16)14(17)18/h4-6,8-10H,7H2,1-3H3,(H,17,18). The van der Waals surface area contributed by atoms with Gasteiger partial charge in [-0.15, -0.1) is 0 Å². The summed E-state index contributed by atoms with van der Waals surface area (Å²) < 4.78 is 1.97. The first kappa shape index (κ1) is 12.6. The Balaban J connectivity index is 2.55. The van der Waals surface area contributed by atoms with E-state index >= 15 is 0 Å². The fourth-order valence-electron chi connectivity index (χ4n) is 2.39. The number of hydrogen-bond donors (Lipinski definition) is 1. The Hall–Kier alpha value is -1.84. The predicted octanol–water partition coefficient (Wildman–Crippen LogP) is 3.34. The topological polar surface area (TPSA) is 55.1 Å². The number of rotatable bonds is 4. The van der Waals surface area contributed by atoms with E-state index in [0.717, 1.165) is 17.5 Å². The van der Waals surface area contributed by atoms with Gasteiger partial charge in [0.1, 0.15) is 0 Å². The predicted molar refractivity (Wildman–Crippen MR) is 70.9 cm³/mol. The molecule has 0 saturated carbocycles. The van der Waals surface area contributed by atoms with Crippen molar-refractivity contribution in [2.75, 3.05) is 0 Å². The molecular formula is C14H18N2O2. The van der Waals surface area contributed by atoms with Gasteiger partial charge in [0.2, 0.25) is 0 Å². The molecule has 4 nitrogen and oxygen atoms in total. The van der Waals surface area contributed by atoms with Crippen LogP contribution in [0.1, 0.15) is 43.6 Å². The van der Waals surface area contributed by atoms with Crippen molar-refractivity contribution < 1.29 is 9.90 Å². The molecule has 96 valence electrons. The van der Waals surface area contributed by atoms with Gasteiger partial charge >= 0.3 is 5.97 Å². The molecule has 1 aromatic carbocycles. The second kappa shape index (κ2) is 4.80. The molecule has 0 aliphatic carbocycles. The van der Waals surface area contributed by atoms with E-state index in [1.807, 2.05) is 10.6 Å². The Kier molecular flexibility index (Phi) is 3.36. The Morgan fingerprint density at radius 3 is 2.72 bits per heavy atom. The van der Waals surface area contributed by atoms with Crippen LogP contribution in [-0.2, 0) is 0 Å². The molecule has 0 radical (unpaired) electrons. The number of hydrogen-bond acceptors (Lipinski definition) is 2. The maximum Gasteiger partial charge on any atom is 0.337 e. The summed E-state index contributed by atoms with van der Waals surface area (Å²) in [4.78, 5) is 15.6. The molecule has 1 N–H and O–H groups in total. The quantitative estimate of drug-likeness (QED) is 0.900. The number of fused-ring (bicyclic) bond motifs is 1. The van der Waals surface area contributed by atoms with Crippen molar-refractivity contribution in [3.8, 4) is 0 Å². The van der Waals surface area contributed by atoms with Gasteiger partial charge < -0.3 is 9.67 Å². The zero-order chi connectivity index (χ0) is 13.3. The van der Waals surface area contributed by atoms with Crippen LogP contribution >= 0.6 is 0 Å². The molecule has 0 spiro atoms. The van der Waals surface area contributed by atoms with Gasteiger partial charge in [-0.3, -0.25) is 0 Å². The smallest absolute Gasteiger partial charge is 0.337 e. The van der Waals surface area contributed by atoms with Crippen LogP contribution in [0.3, 0.4) is 0 Å². The average Bonchev–Trinajstić information content (AvgIpc) is 2.70. The third kappa shape index (κ3) is 2.23. The number of nitrogens with zero attached hydrogens (tertiary/aromatic N) is 2. The van der Waals surface area contributed by atoms with Crippen LogP contribution < -0.4 is 0 Å². The normalized spacial score (nSPS) is 13.1. The lowest BCUT2D eigenvalue weighted by Gasteiger charge is -2.17. The number of benzene rings is 1. The van der Waals surface area contributed by atoms with Crippen LogP contribution in [0.5, 0.6) is 0 Å². The van der Waals surface area contributed by atoms with Crippen LogP contribution in [0.15, 0.2) is 24.5 Å². The van der Waals surface area contributed by atoms with Crippen LogP contribution in [0.25, 0.3) is 11.0 Å². The summed E-state index contributed by atoms with van der Waals surface area (Å²) in [6, 6.07) is 5.46. The Morgan fingerprint density at radius 1 is 1.39 bits per heavy atom. The van der Waals surface area contributed by atoms with E-state index in [9.17, 15) is 9.90 Å². The minimum absolute atomic E-state index is 0.246. The van der Waals surface area contributed by atoms with Gasteiger partial charge in [-0.1, -0.05) is 19.9 Å². The summed E-state index contributed by atoms with van der Waals surface area (Å²) in [6.07, 6.45) is 2.74. The second-order valence-electron chi connectivity index (χ2n) is 5.11. The fraction of sp³-hybridized carbons (Fsp3) is 0.429. The lowest BCUT2D eigenvalue weighted by molar-refractivity contribution is 0.0698. The Morgan fingerprint density at radius 2 is 2.11 bits per heavy atom. The first-order valence-corrected chi connectivity index (χ1v) is 6.19. The van der Waals surface area contributed by atoms with Gasteiger partial charge in [-0.25, -0.2) is 9.78 Å². The number of carboxylic acids is 1. The first-order chi connectivity index (χ1) is 8.50. The van der Waals surface area contributed by atoms with Gasteiger partial charge in [-0.05, 0) is 31.4 Å². The molecule has 4 heteroatoms. The first-order valence-electron chi connectivity index (χ1n) is 6.19.